The van der Waals surface area contributed by atoms with Crippen molar-refractivity contribution in [3.63, 3.8) is 0 Å². The van der Waals surface area contributed by atoms with Crippen molar-refractivity contribution < 1.29 is 19.1 Å². The van der Waals surface area contributed by atoms with E-state index >= 15 is 4.39 Å². The van der Waals surface area contributed by atoms with Gasteiger partial charge in [-0.25, -0.2) is 4.39 Å². The molecule has 0 aromatic heterocycles. The van der Waals surface area contributed by atoms with Crippen molar-refractivity contribution in [1.29, 1.82) is 0 Å². The summed E-state index contributed by atoms with van der Waals surface area (Å²) in [5, 5.41) is 20.4. The van der Waals surface area contributed by atoms with Crippen molar-refractivity contribution in [2.24, 2.45) is 0 Å². The molecule has 9 heteroatoms. The van der Waals surface area contributed by atoms with Crippen LogP contribution in [0.25, 0.3) is 0 Å². The van der Waals surface area contributed by atoms with Crippen molar-refractivity contribution in [1.82, 2.24) is 10.6 Å². The Labute approximate surface area is 238 Å². The topological polar surface area (TPSA) is 90.5 Å². The number of carbonyl (C=O) groups excluding carboxylic acids is 2. The molecule has 2 amide bonds. The smallest absolute Gasteiger partial charge is 0.238 e. The number of fused-ring (bicyclic) bond motifs is 3. The number of anilines is 1. The lowest BCUT2D eigenvalue weighted by atomic mass is 9.57. The summed E-state index contributed by atoms with van der Waals surface area (Å²) >= 11 is 12.6. The summed E-state index contributed by atoms with van der Waals surface area (Å²) in [5.74, 6) is -1.94. The number of carbonyl (C=O) groups is 2. The summed E-state index contributed by atoms with van der Waals surface area (Å²) in [6, 6.07) is 9.24. The van der Waals surface area contributed by atoms with Crippen LogP contribution in [0.1, 0.15) is 81.3 Å². The zero-order valence-corrected chi connectivity index (χ0v) is 23.3. The van der Waals surface area contributed by atoms with Crippen LogP contribution in [0.2, 0.25) is 10.0 Å². The van der Waals surface area contributed by atoms with Crippen molar-refractivity contribution in [2.45, 2.75) is 99.3 Å². The van der Waals surface area contributed by atoms with E-state index in [2.05, 4.69) is 16.0 Å². The second kappa shape index (κ2) is 10.3. The maximum atomic E-state index is 16.0. The molecule has 0 radical (unpaired) electrons. The summed E-state index contributed by atoms with van der Waals surface area (Å²) < 4.78 is 16.0. The molecule has 2 aliphatic heterocycles. The van der Waals surface area contributed by atoms with Crippen LogP contribution in [0.4, 0.5) is 10.1 Å². The highest BCUT2D eigenvalue weighted by Gasteiger charge is 2.72. The molecule has 2 heterocycles. The van der Waals surface area contributed by atoms with E-state index in [4.69, 9.17) is 23.2 Å². The maximum Gasteiger partial charge on any atom is 0.238 e. The van der Waals surface area contributed by atoms with Gasteiger partial charge in [-0.3, -0.25) is 14.9 Å². The second-order valence-corrected chi connectivity index (χ2v) is 12.5. The minimum atomic E-state index is -1.24. The Morgan fingerprint density at radius 3 is 2.46 bits per heavy atom. The van der Waals surface area contributed by atoms with Gasteiger partial charge in [0, 0.05) is 28.2 Å². The zero-order chi connectivity index (χ0) is 27.4. The lowest BCUT2D eigenvalue weighted by Crippen LogP contribution is -2.59. The largest absolute Gasteiger partial charge is 0.393 e. The number of hydrogen-bond donors (Lipinski definition) is 4. The molecule has 1 saturated heterocycles. The van der Waals surface area contributed by atoms with Crippen molar-refractivity contribution in [3.8, 4) is 0 Å². The van der Waals surface area contributed by atoms with E-state index in [-0.39, 0.29) is 34.5 Å². The summed E-state index contributed by atoms with van der Waals surface area (Å²) in [6.07, 6.45) is 7.47. The monoisotopic (exact) mass is 573 g/mol. The van der Waals surface area contributed by atoms with Gasteiger partial charge in [-0.15, -0.1) is 0 Å². The van der Waals surface area contributed by atoms with Crippen LogP contribution >= 0.6 is 23.2 Å². The first-order valence-electron chi connectivity index (χ1n) is 14.1. The molecule has 2 saturated carbocycles. The third-order valence-corrected chi connectivity index (χ3v) is 10.1. The van der Waals surface area contributed by atoms with E-state index < -0.39 is 28.7 Å². The van der Waals surface area contributed by atoms with Crippen LogP contribution in [-0.4, -0.2) is 40.6 Å². The number of rotatable bonds is 3. The molecule has 3 unspecified atom stereocenters. The Balaban J connectivity index is 1.54. The van der Waals surface area contributed by atoms with Crippen LogP contribution in [0.15, 0.2) is 36.4 Å². The molecule has 2 aromatic carbocycles. The van der Waals surface area contributed by atoms with Gasteiger partial charge in [0.15, 0.2) is 0 Å². The van der Waals surface area contributed by atoms with Gasteiger partial charge < -0.3 is 15.7 Å². The Morgan fingerprint density at radius 2 is 1.74 bits per heavy atom. The number of aliphatic hydroxyl groups is 1. The predicted molar refractivity (Wildman–Crippen MR) is 150 cm³/mol. The summed E-state index contributed by atoms with van der Waals surface area (Å²) in [7, 11) is 0. The normalized spacial score (nSPS) is 31.6. The van der Waals surface area contributed by atoms with Crippen LogP contribution in [0, 0.1) is 5.82 Å². The van der Waals surface area contributed by atoms with Crippen LogP contribution in [0.3, 0.4) is 0 Å². The Kier molecular flexibility index (Phi) is 7.15. The molecule has 4 N–H and O–H groups in total. The second-order valence-electron chi connectivity index (χ2n) is 11.7. The SMILES string of the molecule is O=C(NC1CCC(O)CC1)C1NC2(CCCCCC2)C2(C(=O)Nc3cc(Cl)ccc32)C1c1cccc(Cl)c1F. The van der Waals surface area contributed by atoms with Crippen molar-refractivity contribution in [2.75, 3.05) is 5.32 Å². The van der Waals surface area contributed by atoms with E-state index in [0.717, 1.165) is 31.2 Å². The average molecular weight is 575 g/mol. The van der Waals surface area contributed by atoms with E-state index in [9.17, 15) is 14.7 Å². The standard InChI is InChI=1S/C30H34Cl2FN3O3/c31-17-8-13-21-23(16-17)35-28(39)30(21)24(20-6-5-7-22(32)25(20)33)26(36-29(30)14-3-1-2-4-15-29)27(38)34-18-9-11-19(37)12-10-18/h5-8,13,16,18-19,24,26,36-37H,1-4,9-12,14-15H2,(H,34,38)(H,35,39). The molecule has 6 rings (SSSR count). The fourth-order valence-corrected chi connectivity index (χ4v) is 8.26. The minimum Gasteiger partial charge on any atom is -0.393 e. The molecule has 2 spiro atoms. The first-order valence-corrected chi connectivity index (χ1v) is 14.8. The lowest BCUT2D eigenvalue weighted by Gasteiger charge is -2.44. The Bertz CT molecular complexity index is 1290. The van der Waals surface area contributed by atoms with Crippen LogP contribution in [0.5, 0.6) is 0 Å². The Morgan fingerprint density at radius 1 is 1.03 bits per heavy atom. The van der Waals surface area contributed by atoms with Gasteiger partial charge in [0.25, 0.3) is 0 Å². The number of aliphatic hydroxyl groups excluding tert-OH is 1. The summed E-state index contributed by atoms with van der Waals surface area (Å²) in [6.45, 7) is 0. The maximum absolute atomic E-state index is 16.0. The molecule has 6 nitrogen and oxygen atoms in total. The highest BCUT2D eigenvalue weighted by atomic mass is 35.5. The van der Waals surface area contributed by atoms with Gasteiger partial charge >= 0.3 is 0 Å². The number of nitrogens with one attached hydrogen (secondary N) is 3. The zero-order valence-electron chi connectivity index (χ0n) is 21.7. The number of amides is 2. The number of hydrogen-bond acceptors (Lipinski definition) is 4. The molecule has 208 valence electrons. The highest BCUT2D eigenvalue weighted by molar-refractivity contribution is 6.31. The molecular formula is C30H34Cl2FN3O3. The third-order valence-electron chi connectivity index (χ3n) is 9.60. The van der Waals surface area contributed by atoms with Gasteiger partial charge in [0.1, 0.15) is 11.2 Å². The molecule has 3 fully saturated rings. The van der Waals surface area contributed by atoms with E-state index in [0.29, 0.717) is 49.2 Å². The minimum absolute atomic E-state index is 0.0420. The van der Waals surface area contributed by atoms with Gasteiger partial charge in [0.05, 0.1) is 17.2 Å². The van der Waals surface area contributed by atoms with Gasteiger partial charge in [-0.05, 0) is 67.9 Å². The predicted octanol–water partition coefficient (Wildman–Crippen LogP) is 5.59. The lowest BCUT2D eigenvalue weighted by molar-refractivity contribution is -0.124. The number of benzene rings is 2. The van der Waals surface area contributed by atoms with E-state index in [1.54, 1.807) is 24.3 Å². The Hall–Kier alpha value is -2.19. The fourth-order valence-electron chi connectivity index (χ4n) is 7.91. The molecule has 4 aliphatic rings. The van der Waals surface area contributed by atoms with Crippen molar-refractivity contribution >= 4 is 40.7 Å². The fraction of sp³-hybridized carbons (Fsp3) is 0.533. The molecule has 3 atom stereocenters. The number of halogens is 3. The van der Waals surface area contributed by atoms with Crippen LogP contribution < -0.4 is 16.0 Å². The molecule has 2 aliphatic carbocycles. The highest BCUT2D eigenvalue weighted by Crippen LogP contribution is 2.62. The van der Waals surface area contributed by atoms with E-state index in [1.165, 1.54) is 6.07 Å². The molecule has 0 bridgehead atoms. The first kappa shape index (κ1) is 27.0. The molecule has 2 aromatic rings. The van der Waals surface area contributed by atoms with Gasteiger partial charge in [-0.2, -0.15) is 0 Å². The average Bonchev–Trinajstić information content (AvgIpc) is 3.23. The summed E-state index contributed by atoms with van der Waals surface area (Å²) in [4.78, 5) is 28.6. The molecule has 39 heavy (non-hydrogen) atoms. The third kappa shape index (κ3) is 4.28. The quantitative estimate of drug-likeness (QED) is 0.385. The van der Waals surface area contributed by atoms with Gasteiger partial charge in [-0.1, -0.05) is 67.1 Å². The van der Waals surface area contributed by atoms with E-state index in [1.807, 2.05) is 6.07 Å². The van der Waals surface area contributed by atoms with Crippen LogP contribution in [-0.2, 0) is 15.0 Å². The molecular weight excluding hydrogens is 540 g/mol. The summed E-state index contributed by atoms with van der Waals surface area (Å²) in [5.41, 5.74) is -0.405. The first-order chi connectivity index (χ1) is 18.8. The van der Waals surface area contributed by atoms with Crippen molar-refractivity contribution in [3.05, 3.63) is 63.4 Å². The van der Waals surface area contributed by atoms with Gasteiger partial charge in [0.2, 0.25) is 11.8 Å².